The summed E-state index contributed by atoms with van der Waals surface area (Å²) in [6.07, 6.45) is 0.368. The number of amides is 1. The molecule has 0 fully saturated rings. The topological polar surface area (TPSA) is 42.0 Å². The number of carbonyl (C=O) groups excluding carboxylic acids is 1. The third-order valence-electron chi connectivity index (χ3n) is 3.80. The molecule has 118 valence electrons. The van der Waals surface area contributed by atoms with E-state index < -0.39 is 0 Å². The third-order valence-corrected chi connectivity index (χ3v) is 4.74. The number of nitrogens with one attached hydrogen (secondary N) is 1. The van der Waals surface area contributed by atoms with Crippen molar-refractivity contribution in [1.82, 2.24) is 4.98 Å². The van der Waals surface area contributed by atoms with Crippen LogP contribution in [0.2, 0.25) is 0 Å². The lowest BCUT2D eigenvalue weighted by atomic mass is 10.0. The van der Waals surface area contributed by atoms with E-state index in [-0.39, 0.29) is 5.91 Å². The minimum atomic E-state index is -0.0287. The van der Waals surface area contributed by atoms with Gasteiger partial charge in [0.05, 0.1) is 16.6 Å². The van der Waals surface area contributed by atoms with Crippen molar-refractivity contribution in [2.75, 3.05) is 5.32 Å². The Morgan fingerprint density at radius 3 is 2.61 bits per heavy atom. The zero-order valence-corrected chi connectivity index (χ0v) is 14.4. The second kappa shape index (κ2) is 6.50. The van der Waals surface area contributed by atoms with Crippen LogP contribution in [-0.2, 0) is 11.2 Å². The van der Waals surface area contributed by atoms with Gasteiger partial charge < -0.3 is 5.32 Å². The first kappa shape index (κ1) is 15.7. The molecule has 3 aromatic rings. The van der Waals surface area contributed by atoms with Crippen LogP contribution in [0, 0.1) is 6.92 Å². The number of rotatable bonds is 4. The Hall–Kier alpha value is -2.20. The van der Waals surface area contributed by atoms with Crippen molar-refractivity contribution >= 4 is 32.6 Å². The number of benzene rings is 2. The molecule has 0 radical (unpaired) electrons. The molecule has 0 bridgehead atoms. The van der Waals surface area contributed by atoms with Crippen LogP contribution in [0.4, 0.5) is 5.13 Å². The quantitative estimate of drug-likeness (QED) is 0.741. The summed E-state index contributed by atoms with van der Waals surface area (Å²) in [7, 11) is 0. The minimum absolute atomic E-state index is 0.0287. The lowest BCUT2D eigenvalue weighted by molar-refractivity contribution is -0.115. The zero-order chi connectivity index (χ0) is 16.4. The van der Waals surface area contributed by atoms with Crippen molar-refractivity contribution in [2.24, 2.45) is 0 Å². The molecule has 0 aliphatic rings. The monoisotopic (exact) mass is 324 g/mol. The van der Waals surface area contributed by atoms with Crippen LogP contribution in [0.15, 0.2) is 42.5 Å². The zero-order valence-electron chi connectivity index (χ0n) is 13.6. The molecule has 0 aliphatic heterocycles. The van der Waals surface area contributed by atoms with Gasteiger partial charge in [-0.05, 0) is 30.0 Å². The van der Waals surface area contributed by atoms with E-state index in [1.54, 1.807) is 0 Å². The standard InChI is InChI=1S/C19H20N2OS/c1-12(2)15-5-4-6-16-18(15)21-19(23-16)20-17(22)11-14-9-7-13(3)8-10-14/h4-10,12H,11H2,1-3H3,(H,20,21,22). The van der Waals surface area contributed by atoms with E-state index in [4.69, 9.17) is 0 Å². The average Bonchev–Trinajstić information content (AvgIpc) is 2.91. The summed E-state index contributed by atoms with van der Waals surface area (Å²) in [6.45, 7) is 6.35. The molecule has 1 heterocycles. The van der Waals surface area contributed by atoms with Crippen molar-refractivity contribution in [3.8, 4) is 0 Å². The SMILES string of the molecule is Cc1ccc(CC(=O)Nc2nc3c(C(C)C)cccc3s2)cc1. The van der Waals surface area contributed by atoms with Crippen molar-refractivity contribution in [2.45, 2.75) is 33.1 Å². The lowest BCUT2D eigenvalue weighted by Crippen LogP contribution is -2.14. The van der Waals surface area contributed by atoms with Crippen molar-refractivity contribution in [3.05, 3.63) is 59.2 Å². The number of aryl methyl sites for hydroxylation is 1. The van der Waals surface area contributed by atoms with E-state index in [9.17, 15) is 4.79 Å². The Morgan fingerprint density at radius 2 is 1.91 bits per heavy atom. The number of fused-ring (bicyclic) bond motifs is 1. The number of nitrogens with zero attached hydrogens (tertiary/aromatic N) is 1. The molecule has 0 atom stereocenters. The first-order valence-electron chi connectivity index (χ1n) is 7.78. The van der Waals surface area contributed by atoms with Gasteiger partial charge in [-0.1, -0.05) is 67.1 Å². The molecule has 0 saturated carbocycles. The Labute approximate surface area is 140 Å². The van der Waals surface area contributed by atoms with Gasteiger partial charge in [-0.2, -0.15) is 0 Å². The largest absolute Gasteiger partial charge is 0.302 e. The summed E-state index contributed by atoms with van der Waals surface area (Å²) in [5.41, 5.74) is 4.43. The predicted molar refractivity (Wildman–Crippen MR) is 97.2 cm³/mol. The van der Waals surface area contributed by atoms with E-state index in [2.05, 4.69) is 36.3 Å². The maximum absolute atomic E-state index is 12.2. The molecule has 0 aliphatic carbocycles. The van der Waals surface area contributed by atoms with Gasteiger partial charge in [0.15, 0.2) is 5.13 Å². The number of anilines is 1. The van der Waals surface area contributed by atoms with Gasteiger partial charge in [-0.25, -0.2) is 4.98 Å². The summed E-state index contributed by atoms with van der Waals surface area (Å²) in [4.78, 5) is 16.8. The third kappa shape index (κ3) is 3.59. The minimum Gasteiger partial charge on any atom is -0.302 e. The fourth-order valence-electron chi connectivity index (χ4n) is 2.54. The van der Waals surface area contributed by atoms with Gasteiger partial charge in [0.25, 0.3) is 0 Å². The van der Waals surface area contributed by atoms with Gasteiger partial charge >= 0.3 is 0 Å². The van der Waals surface area contributed by atoms with Crippen molar-refractivity contribution in [1.29, 1.82) is 0 Å². The number of hydrogen-bond donors (Lipinski definition) is 1. The molecule has 2 aromatic carbocycles. The summed E-state index contributed by atoms with van der Waals surface area (Å²) >= 11 is 1.53. The number of aromatic nitrogens is 1. The van der Waals surface area contributed by atoms with Crippen LogP contribution in [0.3, 0.4) is 0 Å². The fraction of sp³-hybridized carbons (Fsp3) is 0.263. The van der Waals surface area contributed by atoms with Crippen LogP contribution in [0.1, 0.15) is 36.5 Å². The highest BCUT2D eigenvalue weighted by molar-refractivity contribution is 7.22. The highest BCUT2D eigenvalue weighted by atomic mass is 32.1. The molecular weight excluding hydrogens is 304 g/mol. The number of hydrogen-bond acceptors (Lipinski definition) is 3. The van der Waals surface area contributed by atoms with Gasteiger partial charge in [-0.3, -0.25) is 4.79 Å². The first-order chi connectivity index (χ1) is 11.0. The molecule has 0 saturated heterocycles. The number of para-hydroxylation sites is 1. The van der Waals surface area contributed by atoms with Crippen molar-refractivity contribution < 1.29 is 4.79 Å². The van der Waals surface area contributed by atoms with E-state index in [0.717, 1.165) is 15.8 Å². The average molecular weight is 324 g/mol. The molecule has 1 aromatic heterocycles. The molecule has 3 rings (SSSR count). The van der Waals surface area contributed by atoms with Crippen molar-refractivity contribution in [3.63, 3.8) is 0 Å². The lowest BCUT2D eigenvalue weighted by Gasteiger charge is -2.04. The molecule has 3 nitrogen and oxygen atoms in total. The Kier molecular flexibility index (Phi) is 4.44. The van der Waals surface area contributed by atoms with E-state index in [1.807, 2.05) is 37.3 Å². The van der Waals surface area contributed by atoms with Gasteiger partial charge in [0, 0.05) is 0 Å². The maximum Gasteiger partial charge on any atom is 0.230 e. The van der Waals surface area contributed by atoms with Gasteiger partial charge in [0.1, 0.15) is 0 Å². The Morgan fingerprint density at radius 1 is 1.17 bits per heavy atom. The van der Waals surface area contributed by atoms with E-state index in [1.165, 1.54) is 22.5 Å². The summed E-state index contributed by atoms with van der Waals surface area (Å²) in [5.74, 6) is 0.385. The molecule has 0 unspecified atom stereocenters. The smallest absolute Gasteiger partial charge is 0.230 e. The van der Waals surface area contributed by atoms with Crippen LogP contribution in [-0.4, -0.2) is 10.9 Å². The molecular formula is C19H20N2OS. The number of thiazole rings is 1. The van der Waals surface area contributed by atoms with Gasteiger partial charge in [0.2, 0.25) is 5.91 Å². The fourth-order valence-corrected chi connectivity index (χ4v) is 3.46. The number of carbonyl (C=O) groups is 1. The van der Waals surface area contributed by atoms with Gasteiger partial charge in [-0.15, -0.1) is 0 Å². The van der Waals surface area contributed by atoms with Crippen LogP contribution >= 0.6 is 11.3 Å². The normalized spacial score (nSPS) is 11.1. The summed E-state index contributed by atoms with van der Waals surface area (Å²) < 4.78 is 1.11. The molecule has 1 amide bonds. The highest BCUT2D eigenvalue weighted by Crippen LogP contribution is 2.31. The highest BCUT2D eigenvalue weighted by Gasteiger charge is 2.12. The summed E-state index contributed by atoms with van der Waals surface area (Å²) in [6, 6.07) is 14.2. The molecule has 23 heavy (non-hydrogen) atoms. The Bertz CT molecular complexity index is 834. The first-order valence-corrected chi connectivity index (χ1v) is 8.59. The van der Waals surface area contributed by atoms with Crippen LogP contribution < -0.4 is 5.32 Å². The molecule has 1 N–H and O–H groups in total. The van der Waals surface area contributed by atoms with Crippen LogP contribution in [0.5, 0.6) is 0 Å². The predicted octanol–water partition coefficient (Wildman–Crippen LogP) is 4.91. The summed E-state index contributed by atoms with van der Waals surface area (Å²) in [5, 5.41) is 3.60. The van der Waals surface area contributed by atoms with E-state index in [0.29, 0.717) is 17.5 Å². The Balaban J connectivity index is 1.77. The van der Waals surface area contributed by atoms with E-state index >= 15 is 0 Å². The second-order valence-corrected chi connectivity index (χ2v) is 7.11. The molecule has 0 spiro atoms. The maximum atomic E-state index is 12.2. The van der Waals surface area contributed by atoms with Crippen LogP contribution in [0.25, 0.3) is 10.2 Å². The second-order valence-electron chi connectivity index (χ2n) is 6.08. The molecule has 4 heteroatoms.